The van der Waals surface area contributed by atoms with E-state index in [0.29, 0.717) is 33.8 Å². The van der Waals surface area contributed by atoms with E-state index in [9.17, 15) is 4.79 Å². The number of amides is 1. The minimum absolute atomic E-state index is 0.148. The first-order valence-corrected chi connectivity index (χ1v) is 12.0. The average molecular weight is 485 g/mol. The van der Waals surface area contributed by atoms with Gasteiger partial charge < -0.3 is 4.74 Å². The van der Waals surface area contributed by atoms with Gasteiger partial charge in [0.2, 0.25) is 0 Å². The third-order valence-electron chi connectivity index (χ3n) is 5.36. The number of hydrogen-bond acceptors (Lipinski definition) is 4. The Bertz CT molecular complexity index is 1450. The Kier molecular flexibility index (Phi) is 6.30. The molecule has 4 nitrogen and oxygen atoms in total. The lowest BCUT2D eigenvalue weighted by atomic mass is 10.1. The quantitative estimate of drug-likeness (QED) is 0.246. The van der Waals surface area contributed by atoms with E-state index in [0.717, 1.165) is 21.3 Å². The molecule has 0 spiro atoms. The topological polar surface area (TPSA) is 42.4 Å². The summed E-state index contributed by atoms with van der Waals surface area (Å²) in [5.41, 5.74) is 3.38. The lowest BCUT2D eigenvalue weighted by Crippen LogP contribution is -2.30. The molecule has 0 aliphatic rings. The summed E-state index contributed by atoms with van der Waals surface area (Å²) in [4.78, 5) is 20.3. The van der Waals surface area contributed by atoms with Crippen LogP contribution in [0.5, 0.6) is 11.5 Å². The molecular formula is C28H21ClN2O2S. The standard InChI is InChI=1S/C28H21ClN2O2S/c1-19-15-22(29)17-25-26(19)30-28(34-25)31(18-20-9-4-2-5-10-20)27(32)21-11-8-14-24(16-21)33-23-12-6-3-7-13-23/h2-17H,18H2,1H3. The zero-order valence-electron chi connectivity index (χ0n) is 18.4. The van der Waals surface area contributed by atoms with E-state index >= 15 is 0 Å². The molecule has 1 aromatic heterocycles. The maximum absolute atomic E-state index is 13.8. The van der Waals surface area contributed by atoms with Crippen molar-refractivity contribution in [3.05, 3.63) is 119 Å². The molecule has 5 rings (SSSR count). The Morgan fingerprint density at radius 2 is 1.62 bits per heavy atom. The predicted molar refractivity (Wildman–Crippen MR) is 139 cm³/mol. The molecule has 1 heterocycles. The van der Waals surface area contributed by atoms with E-state index in [4.69, 9.17) is 21.3 Å². The molecule has 34 heavy (non-hydrogen) atoms. The van der Waals surface area contributed by atoms with Crippen LogP contribution in [0.3, 0.4) is 0 Å². The van der Waals surface area contributed by atoms with Crippen molar-refractivity contribution in [3.8, 4) is 11.5 Å². The second-order valence-corrected chi connectivity index (χ2v) is 9.33. The van der Waals surface area contributed by atoms with Crippen LogP contribution in [0.25, 0.3) is 10.2 Å². The Hall–Kier alpha value is -3.67. The fourth-order valence-corrected chi connectivity index (χ4v) is 5.14. The number of carbonyl (C=O) groups is 1. The monoisotopic (exact) mass is 484 g/mol. The van der Waals surface area contributed by atoms with Crippen molar-refractivity contribution in [2.24, 2.45) is 0 Å². The molecule has 0 radical (unpaired) electrons. The number of aryl methyl sites for hydroxylation is 1. The van der Waals surface area contributed by atoms with Crippen LogP contribution in [0.4, 0.5) is 5.13 Å². The minimum atomic E-state index is -0.148. The number of fused-ring (bicyclic) bond motifs is 1. The molecule has 0 unspecified atom stereocenters. The summed E-state index contributed by atoms with van der Waals surface area (Å²) < 4.78 is 6.90. The third-order valence-corrected chi connectivity index (χ3v) is 6.60. The van der Waals surface area contributed by atoms with Gasteiger partial charge in [-0.2, -0.15) is 0 Å². The van der Waals surface area contributed by atoms with E-state index in [1.54, 1.807) is 17.0 Å². The molecule has 0 saturated carbocycles. The van der Waals surface area contributed by atoms with Crippen molar-refractivity contribution in [3.63, 3.8) is 0 Å². The van der Waals surface area contributed by atoms with Crippen molar-refractivity contribution in [2.75, 3.05) is 4.90 Å². The number of carbonyl (C=O) groups excluding carboxylic acids is 1. The third kappa shape index (κ3) is 4.81. The molecule has 6 heteroatoms. The number of anilines is 1. The minimum Gasteiger partial charge on any atom is -0.457 e. The van der Waals surface area contributed by atoms with Gasteiger partial charge in [-0.15, -0.1) is 0 Å². The second kappa shape index (κ2) is 9.67. The first-order chi connectivity index (χ1) is 16.6. The Balaban J connectivity index is 1.52. The smallest absolute Gasteiger partial charge is 0.260 e. The SMILES string of the molecule is Cc1cc(Cl)cc2sc(N(Cc3ccccc3)C(=O)c3cccc(Oc4ccccc4)c3)nc12. The molecule has 0 aliphatic carbocycles. The molecule has 0 fully saturated rings. The molecule has 0 atom stereocenters. The van der Waals surface area contributed by atoms with Crippen molar-refractivity contribution in [1.29, 1.82) is 0 Å². The molecule has 1 amide bonds. The van der Waals surface area contributed by atoms with Gasteiger partial charge in [-0.1, -0.05) is 77.5 Å². The largest absolute Gasteiger partial charge is 0.457 e. The summed E-state index contributed by atoms with van der Waals surface area (Å²) in [5, 5.41) is 1.29. The first-order valence-electron chi connectivity index (χ1n) is 10.8. The van der Waals surface area contributed by atoms with Crippen molar-refractivity contribution in [2.45, 2.75) is 13.5 Å². The van der Waals surface area contributed by atoms with E-state index in [-0.39, 0.29) is 5.91 Å². The van der Waals surface area contributed by atoms with Crippen LogP contribution in [0, 0.1) is 6.92 Å². The van der Waals surface area contributed by atoms with Gasteiger partial charge in [0.25, 0.3) is 5.91 Å². The Morgan fingerprint density at radius 3 is 2.38 bits per heavy atom. The van der Waals surface area contributed by atoms with Crippen LogP contribution in [0.2, 0.25) is 5.02 Å². The number of halogens is 1. The number of aromatic nitrogens is 1. The summed E-state index contributed by atoms with van der Waals surface area (Å²) in [6.45, 7) is 2.38. The van der Waals surface area contributed by atoms with Gasteiger partial charge >= 0.3 is 0 Å². The Morgan fingerprint density at radius 1 is 0.912 bits per heavy atom. The van der Waals surface area contributed by atoms with Crippen molar-refractivity contribution < 1.29 is 9.53 Å². The number of hydrogen-bond donors (Lipinski definition) is 0. The van der Waals surface area contributed by atoms with Crippen molar-refractivity contribution in [1.82, 2.24) is 4.98 Å². The predicted octanol–water partition coefficient (Wildman–Crippen LogP) is 7.90. The van der Waals surface area contributed by atoms with Gasteiger partial charge in [0.15, 0.2) is 5.13 Å². The maximum atomic E-state index is 13.8. The van der Waals surface area contributed by atoms with E-state index in [1.807, 2.05) is 91.9 Å². The lowest BCUT2D eigenvalue weighted by molar-refractivity contribution is 0.0985. The van der Waals surface area contributed by atoms with Gasteiger partial charge in [-0.05, 0) is 60.5 Å². The highest BCUT2D eigenvalue weighted by molar-refractivity contribution is 7.22. The van der Waals surface area contributed by atoms with Crippen LogP contribution in [0.1, 0.15) is 21.5 Å². The fraction of sp³-hybridized carbons (Fsp3) is 0.0714. The normalized spacial score (nSPS) is 10.9. The number of para-hydroxylation sites is 1. The zero-order valence-corrected chi connectivity index (χ0v) is 20.0. The number of thiazole rings is 1. The summed E-state index contributed by atoms with van der Waals surface area (Å²) in [5.74, 6) is 1.17. The highest BCUT2D eigenvalue weighted by Crippen LogP contribution is 2.34. The lowest BCUT2D eigenvalue weighted by Gasteiger charge is -2.20. The first kappa shape index (κ1) is 22.1. The number of ether oxygens (including phenoxy) is 1. The Labute approximate surface area is 207 Å². The fourth-order valence-electron chi connectivity index (χ4n) is 3.72. The van der Waals surface area contributed by atoms with Crippen LogP contribution in [-0.4, -0.2) is 10.9 Å². The molecule has 0 aliphatic heterocycles. The number of nitrogens with zero attached hydrogens (tertiary/aromatic N) is 2. The second-order valence-electron chi connectivity index (χ2n) is 7.89. The zero-order chi connectivity index (χ0) is 23.5. The van der Waals surface area contributed by atoms with Crippen LogP contribution in [-0.2, 0) is 6.54 Å². The van der Waals surface area contributed by atoms with Gasteiger partial charge in [0.05, 0.1) is 16.8 Å². The van der Waals surface area contributed by atoms with Crippen molar-refractivity contribution >= 4 is 44.2 Å². The number of benzene rings is 4. The number of rotatable bonds is 6. The molecule has 5 aromatic rings. The average Bonchev–Trinajstić information content (AvgIpc) is 3.28. The highest BCUT2D eigenvalue weighted by atomic mass is 35.5. The summed E-state index contributed by atoms with van der Waals surface area (Å²) in [7, 11) is 0. The molecule has 4 aromatic carbocycles. The van der Waals surface area contributed by atoms with Crippen LogP contribution < -0.4 is 9.64 Å². The van der Waals surface area contributed by atoms with E-state index in [1.165, 1.54) is 11.3 Å². The molecule has 0 bridgehead atoms. The highest BCUT2D eigenvalue weighted by Gasteiger charge is 2.23. The molecule has 168 valence electrons. The van der Waals surface area contributed by atoms with Crippen LogP contribution >= 0.6 is 22.9 Å². The molecule has 0 N–H and O–H groups in total. The van der Waals surface area contributed by atoms with E-state index in [2.05, 4.69) is 0 Å². The van der Waals surface area contributed by atoms with Crippen LogP contribution in [0.15, 0.2) is 97.1 Å². The van der Waals surface area contributed by atoms with Gasteiger partial charge in [-0.25, -0.2) is 4.98 Å². The molecular weight excluding hydrogens is 464 g/mol. The van der Waals surface area contributed by atoms with Gasteiger partial charge in [0.1, 0.15) is 11.5 Å². The maximum Gasteiger partial charge on any atom is 0.260 e. The summed E-state index contributed by atoms with van der Waals surface area (Å²) in [6, 6.07) is 30.4. The van der Waals surface area contributed by atoms with Gasteiger partial charge in [-0.3, -0.25) is 9.69 Å². The molecule has 0 saturated heterocycles. The summed E-state index contributed by atoms with van der Waals surface area (Å²) in [6.07, 6.45) is 0. The van der Waals surface area contributed by atoms with Gasteiger partial charge in [0, 0.05) is 10.6 Å². The van der Waals surface area contributed by atoms with E-state index < -0.39 is 0 Å². The summed E-state index contributed by atoms with van der Waals surface area (Å²) >= 11 is 7.73.